The Morgan fingerprint density at radius 1 is 1.13 bits per heavy atom. The Bertz CT molecular complexity index is 1130. The Labute approximate surface area is 179 Å². The number of H-pyrrole nitrogens is 1. The predicted octanol–water partition coefficient (Wildman–Crippen LogP) is 0.781. The van der Waals surface area contributed by atoms with Crippen LogP contribution in [-0.4, -0.2) is 58.3 Å². The standard InChI is InChI=1S/C19H17N3O8S/c1-8-14(24)20-19(21-15(8)25)31-12-7-13(23)22(16(12)26)11-5-9(17(27)29-2)4-10(6-11)18(28)30-3/h4-6,12H,7H2,1-3H3,(H2,20,21,24,25)/t12-/m1/s1. The molecule has 1 aliphatic rings. The number of carbonyl (C=O) groups is 4. The number of anilines is 1. The van der Waals surface area contributed by atoms with Gasteiger partial charge < -0.3 is 19.6 Å². The van der Waals surface area contributed by atoms with E-state index in [4.69, 9.17) is 0 Å². The second-order valence-electron chi connectivity index (χ2n) is 6.45. The van der Waals surface area contributed by atoms with Crippen molar-refractivity contribution in [2.75, 3.05) is 19.1 Å². The summed E-state index contributed by atoms with van der Waals surface area (Å²) in [6, 6.07) is 3.72. The fourth-order valence-electron chi connectivity index (χ4n) is 2.87. The monoisotopic (exact) mass is 447 g/mol. The van der Waals surface area contributed by atoms with E-state index in [2.05, 4.69) is 19.4 Å². The van der Waals surface area contributed by atoms with Crippen molar-refractivity contribution in [3.63, 3.8) is 0 Å². The number of aromatic amines is 1. The van der Waals surface area contributed by atoms with Gasteiger partial charge >= 0.3 is 11.9 Å². The fraction of sp³-hybridized carbons (Fsp3) is 0.263. The smallest absolute Gasteiger partial charge is 0.337 e. The quantitative estimate of drug-likeness (QED) is 0.381. The molecule has 11 nitrogen and oxygen atoms in total. The first-order chi connectivity index (χ1) is 14.7. The van der Waals surface area contributed by atoms with Crippen LogP contribution in [0.1, 0.15) is 32.7 Å². The Balaban J connectivity index is 1.96. The zero-order valence-electron chi connectivity index (χ0n) is 16.6. The van der Waals surface area contributed by atoms with Gasteiger partial charge in [0.15, 0.2) is 5.16 Å². The summed E-state index contributed by atoms with van der Waals surface area (Å²) >= 11 is 0.807. The second-order valence-corrected chi connectivity index (χ2v) is 7.64. The Morgan fingerprint density at radius 3 is 2.23 bits per heavy atom. The molecule has 0 aliphatic carbocycles. The van der Waals surface area contributed by atoms with Crippen molar-refractivity contribution in [2.45, 2.75) is 23.8 Å². The van der Waals surface area contributed by atoms with Crippen LogP contribution in [0.3, 0.4) is 0 Å². The molecule has 3 rings (SSSR count). The number of thioether (sulfide) groups is 1. The van der Waals surface area contributed by atoms with E-state index in [1.54, 1.807) is 0 Å². The number of methoxy groups -OCH3 is 2. The third-order valence-corrected chi connectivity index (χ3v) is 5.55. The molecule has 0 saturated carbocycles. The molecule has 2 aromatic rings. The van der Waals surface area contributed by atoms with Gasteiger partial charge in [-0.15, -0.1) is 0 Å². The molecule has 1 fully saturated rings. The van der Waals surface area contributed by atoms with Gasteiger partial charge in [0, 0.05) is 6.42 Å². The number of amides is 2. The molecular formula is C19H17N3O8S. The summed E-state index contributed by atoms with van der Waals surface area (Å²) in [5, 5.41) is 8.75. The van der Waals surface area contributed by atoms with Crippen LogP contribution in [0.5, 0.6) is 5.88 Å². The third-order valence-electron chi connectivity index (χ3n) is 4.48. The zero-order chi connectivity index (χ0) is 22.9. The second kappa shape index (κ2) is 8.60. The molecule has 2 amide bonds. The van der Waals surface area contributed by atoms with E-state index in [0.717, 1.165) is 30.9 Å². The largest absolute Gasteiger partial charge is 0.493 e. The van der Waals surface area contributed by atoms with E-state index in [1.165, 1.54) is 25.1 Å². The van der Waals surface area contributed by atoms with Crippen molar-refractivity contribution < 1.29 is 33.8 Å². The van der Waals surface area contributed by atoms with Gasteiger partial charge in [-0.05, 0) is 25.1 Å². The van der Waals surface area contributed by atoms with Crippen LogP contribution in [0.4, 0.5) is 5.69 Å². The first kappa shape index (κ1) is 22.0. The van der Waals surface area contributed by atoms with Crippen LogP contribution in [0.15, 0.2) is 28.2 Å². The molecule has 0 spiro atoms. The molecule has 0 unspecified atom stereocenters. The fourth-order valence-corrected chi connectivity index (χ4v) is 3.86. The van der Waals surface area contributed by atoms with E-state index in [0.29, 0.717) is 0 Å². The normalized spacial score (nSPS) is 15.8. The first-order valence-electron chi connectivity index (χ1n) is 8.81. The van der Waals surface area contributed by atoms with Crippen molar-refractivity contribution in [3.8, 4) is 5.88 Å². The van der Waals surface area contributed by atoms with Crippen molar-refractivity contribution in [1.82, 2.24) is 9.97 Å². The van der Waals surface area contributed by atoms with Gasteiger partial charge in [0.05, 0.1) is 36.6 Å². The summed E-state index contributed by atoms with van der Waals surface area (Å²) in [6.45, 7) is 1.38. The lowest BCUT2D eigenvalue weighted by Crippen LogP contribution is -2.31. The molecule has 1 atom stereocenters. The zero-order valence-corrected chi connectivity index (χ0v) is 17.4. The molecule has 1 saturated heterocycles. The maximum absolute atomic E-state index is 12.9. The highest BCUT2D eigenvalue weighted by atomic mass is 32.2. The highest BCUT2D eigenvalue weighted by molar-refractivity contribution is 8.00. The van der Waals surface area contributed by atoms with Crippen LogP contribution < -0.4 is 10.5 Å². The van der Waals surface area contributed by atoms with Crippen LogP contribution in [0.25, 0.3) is 0 Å². The Kier molecular flexibility index (Phi) is 6.11. The van der Waals surface area contributed by atoms with Crippen molar-refractivity contribution in [1.29, 1.82) is 0 Å². The number of imide groups is 1. The van der Waals surface area contributed by atoms with Gasteiger partial charge in [-0.25, -0.2) is 14.5 Å². The van der Waals surface area contributed by atoms with E-state index in [-0.39, 0.29) is 34.0 Å². The van der Waals surface area contributed by atoms with E-state index in [1.807, 2.05) is 0 Å². The van der Waals surface area contributed by atoms with Crippen LogP contribution in [-0.2, 0) is 19.1 Å². The van der Waals surface area contributed by atoms with Crippen molar-refractivity contribution in [2.24, 2.45) is 0 Å². The molecule has 1 aliphatic heterocycles. The number of nitrogens with zero attached hydrogens (tertiary/aromatic N) is 2. The Morgan fingerprint density at radius 2 is 1.71 bits per heavy atom. The molecule has 12 heteroatoms. The number of aromatic hydroxyl groups is 1. The van der Waals surface area contributed by atoms with E-state index in [9.17, 15) is 29.1 Å². The van der Waals surface area contributed by atoms with E-state index < -0.39 is 40.4 Å². The average molecular weight is 447 g/mol. The average Bonchev–Trinajstić information content (AvgIpc) is 3.03. The van der Waals surface area contributed by atoms with Gasteiger partial charge in [-0.1, -0.05) is 11.8 Å². The van der Waals surface area contributed by atoms with Gasteiger partial charge in [-0.2, -0.15) is 4.98 Å². The number of aromatic nitrogens is 2. The number of rotatable bonds is 5. The summed E-state index contributed by atoms with van der Waals surface area (Å²) in [6.07, 6.45) is -0.224. The first-order valence-corrected chi connectivity index (χ1v) is 9.69. The maximum Gasteiger partial charge on any atom is 0.337 e. The highest BCUT2D eigenvalue weighted by Gasteiger charge is 2.41. The van der Waals surface area contributed by atoms with Crippen molar-refractivity contribution in [3.05, 3.63) is 45.2 Å². The molecular weight excluding hydrogens is 430 g/mol. The third kappa shape index (κ3) is 4.28. The minimum atomic E-state index is -0.943. The highest BCUT2D eigenvalue weighted by Crippen LogP contribution is 2.33. The topological polar surface area (TPSA) is 156 Å². The molecule has 31 heavy (non-hydrogen) atoms. The van der Waals surface area contributed by atoms with Gasteiger partial charge in [0.2, 0.25) is 17.7 Å². The lowest BCUT2D eigenvalue weighted by atomic mass is 10.1. The SMILES string of the molecule is COC(=O)c1cc(C(=O)OC)cc(N2C(=O)C[C@@H](Sc3nc(O)c(C)c(=O)[nH]3)C2=O)c1. The molecule has 1 aromatic carbocycles. The van der Waals surface area contributed by atoms with Crippen LogP contribution >= 0.6 is 11.8 Å². The van der Waals surface area contributed by atoms with Gasteiger partial charge in [0.1, 0.15) is 5.25 Å². The number of hydrogen-bond donors (Lipinski definition) is 2. The number of esters is 2. The summed E-state index contributed by atoms with van der Waals surface area (Å²) in [5.74, 6) is -3.24. The predicted molar refractivity (Wildman–Crippen MR) is 107 cm³/mol. The number of carbonyl (C=O) groups excluding carboxylic acids is 4. The number of ether oxygens (including phenoxy) is 2. The van der Waals surface area contributed by atoms with Gasteiger partial charge in [0.25, 0.3) is 5.56 Å². The minimum Gasteiger partial charge on any atom is -0.493 e. The molecule has 162 valence electrons. The Hall–Kier alpha value is -3.67. The van der Waals surface area contributed by atoms with E-state index >= 15 is 0 Å². The molecule has 1 aromatic heterocycles. The summed E-state index contributed by atoms with van der Waals surface area (Å²) in [7, 11) is 2.30. The lowest BCUT2D eigenvalue weighted by molar-refractivity contribution is -0.121. The summed E-state index contributed by atoms with van der Waals surface area (Å²) in [4.78, 5) is 68.3. The van der Waals surface area contributed by atoms with Gasteiger partial charge in [-0.3, -0.25) is 14.4 Å². The number of hydrogen-bond acceptors (Lipinski definition) is 10. The number of nitrogens with one attached hydrogen (secondary N) is 1. The van der Waals surface area contributed by atoms with Crippen LogP contribution in [0, 0.1) is 6.92 Å². The molecule has 0 bridgehead atoms. The molecule has 0 radical (unpaired) electrons. The number of benzene rings is 1. The van der Waals surface area contributed by atoms with Crippen LogP contribution in [0.2, 0.25) is 0 Å². The molecule has 2 heterocycles. The summed E-state index contributed by atoms with van der Waals surface area (Å²) in [5.41, 5.74) is -0.653. The van der Waals surface area contributed by atoms with Crippen molar-refractivity contribution >= 4 is 41.2 Å². The lowest BCUT2D eigenvalue weighted by Gasteiger charge is -2.17. The minimum absolute atomic E-state index is 0.00499. The summed E-state index contributed by atoms with van der Waals surface area (Å²) < 4.78 is 9.32. The maximum atomic E-state index is 12.9. The molecule has 2 N–H and O–H groups in total.